The number of carbonyl (C=O) groups excluding carboxylic acids is 1. The second kappa shape index (κ2) is 8.29. The summed E-state index contributed by atoms with van der Waals surface area (Å²) in [5.41, 5.74) is 4.93. The molecule has 0 aliphatic carbocycles. The second-order valence-electron chi connectivity index (χ2n) is 2.38. The van der Waals surface area contributed by atoms with E-state index in [2.05, 4.69) is 23.1 Å². The van der Waals surface area contributed by atoms with Crippen molar-refractivity contribution in [1.82, 2.24) is 16.2 Å². The average Bonchev–Trinajstić information content (AvgIpc) is 2.06. The maximum Gasteiger partial charge on any atom is 0.329 e. The Kier molecular flexibility index (Phi) is 7.73. The van der Waals surface area contributed by atoms with Crippen molar-refractivity contribution in [3.63, 3.8) is 0 Å². The van der Waals surface area contributed by atoms with Gasteiger partial charge in [0.1, 0.15) is 0 Å². The van der Waals surface area contributed by atoms with Gasteiger partial charge in [0.2, 0.25) is 0 Å². The van der Waals surface area contributed by atoms with Crippen LogP contribution in [0.2, 0.25) is 0 Å². The minimum Gasteiger partial charge on any atom is -0.395 e. The molecule has 0 aliphatic heterocycles. The Bertz CT molecular complexity index is 107. The fraction of sp³-hybridized carbons (Fsp3) is 0.857. The number of aliphatic hydroxyl groups is 1. The van der Waals surface area contributed by atoms with Crippen LogP contribution in [0.25, 0.3) is 0 Å². The number of hydrogen-bond acceptors (Lipinski definition) is 3. The molecular weight excluding hydrogens is 158 g/mol. The van der Waals surface area contributed by atoms with Crippen molar-refractivity contribution in [1.29, 1.82) is 0 Å². The number of rotatable bonds is 6. The summed E-state index contributed by atoms with van der Waals surface area (Å²) in [6, 6.07) is -0.253. The van der Waals surface area contributed by atoms with Gasteiger partial charge < -0.3 is 10.4 Å². The van der Waals surface area contributed by atoms with Crippen LogP contribution in [0.4, 0.5) is 4.79 Å². The molecule has 0 bridgehead atoms. The standard InChI is InChI=1S/C7H17N3O2/c1-2-3-4-8-7(12)10-9-5-6-11/h9,11H,2-6H2,1H3,(H2,8,10,12). The molecule has 12 heavy (non-hydrogen) atoms. The molecule has 0 spiro atoms. The summed E-state index contributed by atoms with van der Waals surface area (Å²) in [5, 5.41) is 11.0. The van der Waals surface area contributed by atoms with Crippen molar-refractivity contribution in [3.05, 3.63) is 0 Å². The van der Waals surface area contributed by atoms with Gasteiger partial charge in [-0.2, -0.15) is 0 Å². The van der Waals surface area contributed by atoms with Crippen molar-refractivity contribution >= 4 is 6.03 Å². The lowest BCUT2D eigenvalue weighted by molar-refractivity contribution is 0.232. The largest absolute Gasteiger partial charge is 0.395 e. The Labute approximate surface area is 72.5 Å². The topological polar surface area (TPSA) is 73.4 Å². The fourth-order valence-electron chi connectivity index (χ4n) is 0.622. The molecule has 72 valence electrons. The molecule has 5 nitrogen and oxygen atoms in total. The fourth-order valence-corrected chi connectivity index (χ4v) is 0.622. The first kappa shape index (κ1) is 11.2. The Hall–Kier alpha value is -0.810. The molecule has 0 aliphatic rings. The van der Waals surface area contributed by atoms with Crippen LogP contribution in [0.1, 0.15) is 19.8 Å². The zero-order valence-corrected chi connectivity index (χ0v) is 7.39. The summed E-state index contributed by atoms with van der Waals surface area (Å²) in [7, 11) is 0. The SMILES string of the molecule is CCCCNC(=O)NNCCO. The minimum absolute atomic E-state index is 0.00917. The highest BCUT2D eigenvalue weighted by Gasteiger charge is 1.95. The van der Waals surface area contributed by atoms with E-state index in [0.717, 1.165) is 12.8 Å². The first-order chi connectivity index (χ1) is 5.81. The van der Waals surface area contributed by atoms with Gasteiger partial charge in [-0.25, -0.2) is 10.2 Å². The van der Waals surface area contributed by atoms with Gasteiger partial charge in [0.25, 0.3) is 0 Å². The lowest BCUT2D eigenvalue weighted by Gasteiger charge is -2.06. The predicted octanol–water partition coefficient (Wildman–Crippen LogP) is -0.417. The van der Waals surface area contributed by atoms with Crippen molar-refractivity contribution in [2.75, 3.05) is 19.7 Å². The molecule has 0 aromatic heterocycles. The van der Waals surface area contributed by atoms with Crippen LogP contribution in [0.15, 0.2) is 0 Å². The van der Waals surface area contributed by atoms with Gasteiger partial charge in [0, 0.05) is 13.1 Å². The van der Waals surface area contributed by atoms with E-state index in [1.165, 1.54) is 0 Å². The molecule has 0 fully saturated rings. The van der Waals surface area contributed by atoms with Gasteiger partial charge in [0.15, 0.2) is 0 Å². The molecule has 0 radical (unpaired) electrons. The maximum atomic E-state index is 10.8. The summed E-state index contributed by atoms with van der Waals surface area (Å²) < 4.78 is 0. The highest BCUT2D eigenvalue weighted by Crippen LogP contribution is 1.81. The van der Waals surface area contributed by atoms with Gasteiger partial charge in [0.05, 0.1) is 6.61 Å². The lowest BCUT2D eigenvalue weighted by Crippen LogP contribution is -2.45. The van der Waals surface area contributed by atoms with E-state index in [1.54, 1.807) is 0 Å². The molecule has 0 rings (SSSR count). The molecule has 0 saturated heterocycles. The number of aliphatic hydroxyl groups excluding tert-OH is 1. The zero-order chi connectivity index (χ0) is 9.23. The van der Waals surface area contributed by atoms with E-state index in [9.17, 15) is 4.79 Å². The first-order valence-corrected chi connectivity index (χ1v) is 4.18. The number of amides is 2. The molecule has 0 aromatic carbocycles. The number of hydrogen-bond donors (Lipinski definition) is 4. The first-order valence-electron chi connectivity index (χ1n) is 4.18. The molecule has 0 heterocycles. The third kappa shape index (κ3) is 7.30. The molecule has 5 heteroatoms. The smallest absolute Gasteiger partial charge is 0.329 e. The van der Waals surface area contributed by atoms with Gasteiger partial charge in [-0.15, -0.1) is 0 Å². The van der Waals surface area contributed by atoms with E-state index < -0.39 is 0 Å². The van der Waals surface area contributed by atoms with Crippen molar-refractivity contribution < 1.29 is 9.90 Å². The Morgan fingerprint density at radius 3 is 2.75 bits per heavy atom. The zero-order valence-electron chi connectivity index (χ0n) is 7.39. The number of nitrogens with one attached hydrogen (secondary N) is 3. The lowest BCUT2D eigenvalue weighted by atomic mass is 10.3. The second-order valence-corrected chi connectivity index (χ2v) is 2.38. The Balaban J connectivity index is 3.10. The number of hydrazine groups is 1. The number of urea groups is 1. The quantitative estimate of drug-likeness (QED) is 0.327. The van der Waals surface area contributed by atoms with E-state index in [4.69, 9.17) is 5.11 Å². The van der Waals surface area contributed by atoms with Crippen LogP contribution < -0.4 is 16.2 Å². The summed E-state index contributed by atoms with van der Waals surface area (Å²) >= 11 is 0. The summed E-state index contributed by atoms with van der Waals surface area (Å²) in [5.74, 6) is 0. The normalized spacial score (nSPS) is 9.50. The molecule has 0 aromatic rings. The van der Waals surface area contributed by atoms with Gasteiger partial charge in [-0.1, -0.05) is 13.3 Å². The molecule has 0 atom stereocenters. The van der Waals surface area contributed by atoms with Gasteiger partial charge in [-0.05, 0) is 6.42 Å². The third-order valence-corrected chi connectivity index (χ3v) is 1.25. The summed E-state index contributed by atoms with van der Waals surface area (Å²) in [6.07, 6.45) is 2.04. The van der Waals surface area contributed by atoms with Crippen molar-refractivity contribution in [2.45, 2.75) is 19.8 Å². The molecule has 4 N–H and O–H groups in total. The summed E-state index contributed by atoms with van der Waals surface area (Å²) in [6.45, 7) is 3.11. The highest BCUT2D eigenvalue weighted by molar-refractivity contribution is 5.73. The number of unbranched alkanes of at least 4 members (excludes halogenated alkanes) is 1. The average molecular weight is 175 g/mol. The van der Waals surface area contributed by atoms with E-state index >= 15 is 0 Å². The van der Waals surface area contributed by atoms with Crippen LogP contribution in [0.5, 0.6) is 0 Å². The van der Waals surface area contributed by atoms with Gasteiger partial charge >= 0.3 is 6.03 Å². The monoisotopic (exact) mass is 175 g/mol. The Morgan fingerprint density at radius 2 is 2.17 bits per heavy atom. The molecule has 2 amide bonds. The van der Waals surface area contributed by atoms with Crippen LogP contribution in [-0.4, -0.2) is 30.8 Å². The van der Waals surface area contributed by atoms with E-state index in [1.807, 2.05) is 0 Å². The van der Waals surface area contributed by atoms with Crippen molar-refractivity contribution in [2.24, 2.45) is 0 Å². The van der Waals surface area contributed by atoms with Crippen LogP contribution in [-0.2, 0) is 0 Å². The third-order valence-electron chi connectivity index (χ3n) is 1.25. The number of carbonyl (C=O) groups is 1. The molecular formula is C7H17N3O2. The van der Waals surface area contributed by atoms with E-state index in [-0.39, 0.29) is 12.6 Å². The Morgan fingerprint density at radius 1 is 1.42 bits per heavy atom. The summed E-state index contributed by atoms with van der Waals surface area (Å²) in [4.78, 5) is 10.8. The predicted molar refractivity (Wildman–Crippen MR) is 46.5 cm³/mol. The minimum atomic E-state index is -0.253. The van der Waals surface area contributed by atoms with Crippen LogP contribution >= 0.6 is 0 Å². The van der Waals surface area contributed by atoms with Crippen LogP contribution in [0, 0.1) is 0 Å². The molecule has 0 unspecified atom stereocenters. The van der Waals surface area contributed by atoms with Crippen LogP contribution in [0.3, 0.4) is 0 Å². The van der Waals surface area contributed by atoms with Gasteiger partial charge in [-0.3, -0.25) is 5.43 Å². The maximum absolute atomic E-state index is 10.8. The van der Waals surface area contributed by atoms with Crippen molar-refractivity contribution in [3.8, 4) is 0 Å². The van der Waals surface area contributed by atoms with E-state index in [0.29, 0.717) is 13.1 Å². The highest BCUT2D eigenvalue weighted by atomic mass is 16.3. The molecule has 0 saturated carbocycles.